The molecule has 2 heterocycles. The van der Waals surface area contributed by atoms with Crippen molar-refractivity contribution < 1.29 is 23.0 Å². The monoisotopic (exact) mass is 563 g/mol. The zero-order valence-electron chi connectivity index (χ0n) is 22.5. The van der Waals surface area contributed by atoms with E-state index in [2.05, 4.69) is 0 Å². The third-order valence-electron chi connectivity index (χ3n) is 7.29. The number of carbonyl (C=O) groups is 1. The molecule has 1 aliphatic heterocycles. The van der Waals surface area contributed by atoms with E-state index in [0.717, 1.165) is 16.5 Å². The Morgan fingerprint density at radius 3 is 2.32 bits per heavy atom. The molecule has 41 heavy (non-hydrogen) atoms. The maximum atomic E-state index is 13.9. The van der Waals surface area contributed by atoms with Crippen LogP contribution in [0.2, 0.25) is 0 Å². The molecule has 0 aliphatic carbocycles. The molecular weight excluding hydrogens is 532 g/mol. The molecule has 0 N–H and O–H groups in total. The largest absolute Gasteiger partial charge is 0.489 e. The normalized spacial score (nSPS) is 14.0. The average Bonchev–Trinajstić information content (AvgIpc) is 3.02. The minimum atomic E-state index is -1.29. The lowest BCUT2D eigenvalue weighted by Gasteiger charge is -2.31. The Kier molecular flexibility index (Phi) is 8.76. The second-order valence-electron chi connectivity index (χ2n) is 10.1. The van der Waals surface area contributed by atoms with Crippen molar-refractivity contribution in [1.82, 2.24) is 14.0 Å². The summed E-state index contributed by atoms with van der Waals surface area (Å²) in [6, 6.07) is 21.2. The van der Waals surface area contributed by atoms with Crippen molar-refractivity contribution in [2.24, 2.45) is 0 Å². The van der Waals surface area contributed by atoms with Gasteiger partial charge in [0.2, 0.25) is 6.41 Å². The number of fused-ring (bicyclic) bond motifs is 1. The molecule has 5 rings (SSSR count). The highest BCUT2D eigenvalue weighted by molar-refractivity contribution is 5.80. The molecule has 1 saturated heterocycles. The Labute approximate surface area is 235 Å². The summed E-state index contributed by atoms with van der Waals surface area (Å²) in [5.41, 5.74) is 1.10. The van der Waals surface area contributed by atoms with E-state index in [4.69, 9.17) is 9.47 Å². The number of piperidine rings is 1. The molecule has 0 bridgehead atoms. The fourth-order valence-corrected chi connectivity index (χ4v) is 5.13. The van der Waals surface area contributed by atoms with Gasteiger partial charge in [-0.1, -0.05) is 42.5 Å². The Bertz CT molecular complexity index is 1610. The van der Waals surface area contributed by atoms with Crippen LogP contribution in [0, 0.1) is 0 Å². The molecule has 8 nitrogen and oxygen atoms in total. The van der Waals surface area contributed by atoms with Gasteiger partial charge < -0.3 is 14.4 Å². The number of ether oxygens (including phenoxy) is 2. The van der Waals surface area contributed by atoms with Crippen molar-refractivity contribution in [2.45, 2.75) is 38.1 Å². The maximum Gasteiger partial charge on any atom is 0.332 e. The molecule has 0 radical (unpaired) electrons. The van der Waals surface area contributed by atoms with Crippen LogP contribution in [-0.4, -0.2) is 53.0 Å². The zero-order chi connectivity index (χ0) is 28.8. The van der Waals surface area contributed by atoms with Gasteiger partial charge >= 0.3 is 5.69 Å². The highest BCUT2D eigenvalue weighted by Gasteiger charge is 2.25. The van der Waals surface area contributed by atoms with Gasteiger partial charge in [-0.2, -0.15) is 0 Å². The van der Waals surface area contributed by atoms with Gasteiger partial charge in [0.15, 0.2) is 6.10 Å². The van der Waals surface area contributed by atoms with E-state index in [-0.39, 0.29) is 23.7 Å². The van der Waals surface area contributed by atoms with Gasteiger partial charge in [0.1, 0.15) is 31.5 Å². The summed E-state index contributed by atoms with van der Waals surface area (Å²) in [4.78, 5) is 40.5. The summed E-state index contributed by atoms with van der Waals surface area (Å²) in [5, 5.41) is 0.202. The smallest absolute Gasteiger partial charge is 0.332 e. The number of hydrogen-bond donors (Lipinski definition) is 0. The summed E-state index contributed by atoms with van der Waals surface area (Å²) in [6.45, 7) is -0.706. The lowest BCUT2D eigenvalue weighted by Crippen LogP contribution is -2.44. The first-order chi connectivity index (χ1) is 20.0. The number of nitrogens with zero attached hydrogens (tertiary/aromatic N) is 3. The van der Waals surface area contributed by atoms with E-state index >= 15 is 0 Å². The molecule has 0 unspecified atom stereocenters. The fraction of sp³-hybridized carbons (Fsp3) is 0.323. The number of rotatable bonds is 11. The molecule has 1 aromatic heterocycles. The molecule has 0 saturated carbocycles. The number of carbonyl (C=O) groups excluding carboxylic acids is 1. The van der Waals surface area contributed by atoms with Crippen molar-refractivity contribution >= 4 is 17.3 Å². The van der Waals surface area contributed by atoms with Gasteiger partial charge in [0, 0.05) is 19.1 Å². The van der Waals surface area contributed by atoms with Crippen molar-refractivity contribution in [3.05, 3.63) is 105 Å². The van der Waals surface area contributed by atoms with Gasteiger partial charge in [0.05, 0.1) is 17.4 Å². The van der Waals surface area contributed by atoms with E-state index < -0.39 is 30.7 Å². The number of hydrogen-bond acceptors (Lipinski definition) is 5. The molecule has 4 aromatic rings. The lowest BCUT2D eigenvalue weighted by molar-refractivity contribution is -0.119. The van der Waals surface area contributed by atoms with E-state index in [1.807, 2.05) is 42.5 Å². The van der Waals surface area contributed by atoms with Gasteiger partial charge in [-0.15, -0.1) is 0 Å². The van der Waals surface area contributed by atoms with Crippen LogP contribution >= 0.6 is 0 Å². The standard InChI is InChI=1S/C31H31F2N3O5/c32-17-27(18-33)41-26-9-10-29-28(16-26)30(38)35(31(39)36(29)24-11-13-34(21-37)14-12-24)19-23-7-4-8-25(15-23)40-20-22-5-2-1-3-6-22/h1-10,15-16,21,24,27H,11-14,17-20H2. The highest BCUT2D eigenvalue weighted by atomic mass is 19.1. The Morgan fingerprint density at radius 1 is 0.878 bits per heavy atom. The zero-order valence-corrected chi connectivity index (χ0v) is 22.5. The fourth-order valence-electron chi connectivity index (χ4n) is 5.13. The summed E-state index contributed by atoms with van der Waals surface area (Å²) in [7, 11) is 0. The Morgan fingerprint density at radius 2 is 1.61 bits per heavy atom. The topological polar surface area (TPSA) is 82.8 Å². The van der Waals surface area contributed by atoms with Crippen LogP contribution in [0.3, 0.4) is 0 Å². The van der Waals surface area contributed by atoms with E-state index in [1.165, 1.54) is 12.1 Å². The lowest BCUT2D eigenvalue weighted by atomic mass is 10.0. The number of benzene rings is 3. The van der Waals surface area contributed by atoms with Gasteiger partial charge in [-0.05, 0) is 54.3 Å². The number of halogens is 2. The number of likely N-dealkylation sites (tertiary alicyclic amines) is 1. The molecule has 1 aliphatic rings. The minimum absolute atomic E-state index is 0.00794. The quantitative estimate of drug-likeness (QED) is 0.255. The first-order valence-corrected chi connectivity index (χ1v) is 13.5. The molecule has 10 heteroatoms. The van der Waals surface area contributed by atoms with E-state index in [0.29, 0.717) is 49.4 Å². The number of aromatic nitrogens is 2. The van der Waals surface area contributed by atoms with E-state index in [9.17, 15) is 23.2 Å². The predicted molar refractivity (Wildman–Crippen MR) is 151 cm³/mol. The number of amides is 1. The molecule has 214 valence electrons. The second-order valence-corrected chi connectivity index (χ2v) is 10.1. The van der Waals surface area contributed by atoms with Crippen LogP contribution in [0.1, 0.15) is 30.0 Å². The average molecular weight is 564 g/mol. The third kappa shape index (κ3) is 6.32. The van der Waals surface area contributed by atoms with Crippen LogP contribution < -0.4 is 20.7 Å². The SMILES string of the molecule is O=CN1CCC(n2c(=O)n(Cc3cccc(OCc4ccccc4)c3)c(=O)c3cc(OC(CF)CF)ccc32)CC1. The first-order valence-electron chi connectivity index (χ1n) is 13.5. The maximum absolute atomic E-state index is 13.9. The third-order valence-corrected chi connectivity index (χ3v) is 7.29. The van der Waals surface area contributed by atoms with Gasteiger partial charge in [0.25, 0.3) is 5.56 Å². The van der Waals surface area contributed by atoms with Gasteiger partial charge in [-0.3, -0.25) is 18.7 Å². The molecule has 1 amide bonds. The molecule has 1 fully saturated rings. The predicted octanol–water partition coefficient (Wildman–Crippen LogP) is 4.27. The summed E-state index contributed by atoms with van der Waals surface area (Å²) in [6.07, 6.45) is 0.588. The van der Waals surface area contributed by atoms with Crippen LogP contribution in [0.15, 0.2) is 82.4 Å². The van der Waals surface area contributed by atoms with Crippen LogP contribution in [-0.2, 0) is 17.9 Å². The summed E-state index contributed by atoms with van der Waals surface area (Å²) in [5.74, 6) is 0.736. The Hall–Kier alpha value is -4.47. The highest BCUT2D eigenvalue weighted by Crippen LogP contribution is 2.26. The molecular formula is C31H31F2N3O5. The number of alkyl halides is 2. The van der Waals surface area contributed by atoms with Crippen LogP contribution in [0.5, 0.6) is 11.5 Å². The Balaban J connectivity index is 1.53. The van der Waals surface area contributed by atoms with Crippen LogP contribution in [0.4, 0.5) is 8.78 Å². The molecule has 0 spiro atoms. The molecule has 3 aromatic carbocycles. The summed E-state index contributed by atoms with van der Waals surface area (Å²) >= 11 is 0. The minimum Gasteiger partial charge on any atom is -0.489 e. The van der Waals surface area contributed by atoms with Gasteiger partial charge in [-0.25, -0.2) is 13.6 Å². The van der Waals surface area contributed by atoms with Crippen molar-refractivity contribution in [3.8, 4) is 11.5 Å². The summed E-state index contributed by atoms with van der Waals surface area (Å²) < 4.78 is 40.4. The first kappa shape index (κ1) is 28.1. The van der Waals surface area contributed by atoms with Crippen molar-refractivity contribution in [2.75, 3.05) is 26.4 Å². The molecule has 0 atom stereocenters. The van der Waals surface area contributed by atoms with Crippen molar-refractivity contribution in [1.29, 1.82) is 0 Å². The van der Waals surface area contributed by atoms with Crippen molar-refractivity contribution in [3.63, 3.8) is 0 Å². The van der Waals surface area contributed by atoms with E-state index in [1.54, 1.807) is 27.7 Å². The second kappa shape index (κ2) is 12.8. The van der Waals surface area contributed by atoms with Crippen LogP contribution in [0.25, 0.3) is 10.9 Å².